The maximum Gasteiger partial charge on any atom is 0.407 e. The Labute approximate surface area is 238 Å². The molecule has 1 N–H and O–H groups in total. The second kappa shape index (κ2) is 11.6. The van der Waals surface area contributed by atoms with Crippen LogP contribution in [-0.4, -0.2) is 30.4 Å². The topological polar surface area (TPSA) is 73.3 Å². The van der Waals surface area contributed by atoms with E-state index in [1.54, 1.807) is 13.8 Å². The molecule has 13 heteroatoms. The number of amides is 1. The van der Waals surface area contributed by atoms with Crippen molar-refractivity contribution in [1.29, 1.82) is 0 Å². The van der Waals surface area contributed by atoms with Crippen LogP contribution in [0.3, 0.4) is 0 Å². The summed E-state index contributed by atoms with van der Waals surface area (Å²) in [6.45, 7) is 21.2. The van der Waals surface area contributed by atoms with Crippen molar-refractivity contribution in [2.45, 2.75) is 65.1 Å². The van der Waals surface area contributed by atoms with Gasteiger partial charge in [-0.05, 0) is 30.7 Å². The number of halogens is 6. The first-order chi connectivity index (χ1) is 19.3. The fourth-order valence-corrected chi connectivity index (χ4v) is 4.54. The van der Waals surface area contributed by atoms with Gasteiger partial charge in [0.25, 0.3) is 5.91 Å². The SMILES string of the molecule is [C-]#[N+]c1ccc(OC2C(=O)CCC2(C)C)cc1C(F)(F)F.[C-]#[N+]c1ccc(OC2C(=O)NCC2(C)C)cc1C(F)(F)F. The largest absolute Gasteiger partial charge is 0.482 e. The number of Topliss-reactive ketones (excluding diaryl/α,β-unsaturated/α-hetero) is 1. The average molecular weight is 596 g/mol. The molecule has 42 heavy (non-hydrogen) atoms. The van der Waals surface area contributed by atoms with Crippen molar-refractivity contribution < 1.29 is 45.4 Å². The van der Waals surface area contributed by atoms with Gasteiger partial charge in [-0.3, -0.25) is 9.59 Å². The van der Waals surface area contributed by atoms with Crippen molar-refractivity contribution in [3.05, 3.63) is 70.4 Å². The Morgan fingerprint density at radius 1 is 0.786 bits per heavy atom. The predicted molar refractivity (Wildman–Crippen MR) is 139 cm³/mol. The van der Waals surface area contributed by atoms with Crippen LogP contribution in [0.4, 0.5) is 37.7 Å². The molecule has 0 radical (unpaired) electrons. The van der Waals surface area contributed by atoms with E-state index < -0.39 is 57.9 Å². The third-order valence-electron chi connectivity index (χ3n) is 6.98. The Kier molecular flexibility index (Phi) is 8.87. The van der Waals surface area contributed by atoms with E-state index in [1.807, 2.05) is 13.8 Å². The minimum atomic E-state index is -4.65. The Bertz CT molecular complexity index is 1340. The zero-order chi connectivity index (χ0) is 31.7. The molecule has 7 nitrogen and oxygen atoms in total. The number of hydrogen-bond acceptors (Lipinski definition) is 4. The highest BCUT2D eigenvalue weighted by molar-refractivity contribution is 5.86. The minimum absolute atomic E-state index is 0.0388. The Morgan fingerprint density at radius 2 is 1.24 bits per heavy atom. The predicted octanol–water partition coefficient (Wildman–Crippen LogP) is 7.55. The standard InChI is InChI=1S/C15H14F3NO2.C14H13F3N2O2/c1-14(2)7-6-12(20)13(14)21-9-4-5-11(19-3)10(8-9)15(16,17)18;1-13(2)7-19-12(20)11(13)21-8-4-5-10(18-3)9(6-8)14(15,16)17/h4-5,8,13H,6-7H2,1-2H3;4-6,11H,7H2,1-2H3,(H,19,20). The molecule has 2 fully saturated rings. The van der Waals surface area contributed by atoms with Crippen LogP contribution in [0.2, 0.25) is 0 Å². The van der Waals surface area contributed by atoms with Gasteiger partial charge in [0.15, 0.2) is 29.4 Å². The third-order valence-corrected chi connectivity index (χ3v) is 6.98. The summed E-state index contributed by atoms with van der Waals surface area (Å²) in [7, 11) is 0. The summed E-state index contributed by atoms with van der Waals surface area (Å²) in [6, 6.07) is 6.22. The fraction of sp³-hybridized carbons (Fsp3) is 0.448. The van der Waals surface area contributed by atoms with E-state index in [0.717, 1.165) is 24.3 Å². The van der Waals surface area contributed by atoms with Gasteiger partial charge in [-0.1, -0.05) is 39.8 Å². The second-order valence-electron chi connectivity index (χ2n) is 11.2. The highest BCUT2D eigenvalue weighted by atomic mass is 19.4. The molecule has 224 valence electrons. The number of carbonyl (C=O) groups excluding carboxylic acids is 2. The molecule has 1 saturated heterocycles. The normalized spacial score (nSPS) is 21.0. The number of ketones is 1. The summed E-state index contributed by atoms with van der Waals surface area (Å²) >= 11 is 0. The quantitative estimate of drug-likeness (QED) is 0.293. The minimum Gasteiger partial charge on any atom is -0.482 e. The molecule has 2 atom stereocenters. The summed E-state index contributed by atoms with van der Waals surface area (Å²) in [5.74, 6) is -0.585. The molecular formula is C29H27F6N3O4. The van der Waals surface area contributed by atoms with Crippen molar-refractivity contribution in [2.75, 3.05) is 6.54 Å². The molecular weight excluding hydrogens is 568 g/mol. The number of alkyl halides is 6. The molecule has 0 bridgehead atoms. The van der Waals surface area contributed by atoms with E-state index in [1.165, 1.54) is 12.1 Å². The van der Waals surface area contributed by atoms with E-state index in [-0.39, 0.29) is 23.2 Å². The third kappa shape index (κ3) is 7.14. The average Bonchev–Trinajstić information content (AvgIpc) is 3.31. The summed E-state index contributed by atoms with van der Waals surface area (Å²) in [4.78, 5) is 29.2. The Balaban J connectivity index is 0.000000230. The van der Waals surface area contributed by atoms with Crippen LogP contribution >= 0.6 is 0 Å². The van der Waals surface area contributed by atoms with Gasteiger partial charge in [0, 0.05) is 23.8 Å². The van der Waals surface area contributed by atoms with Crippen LogP contribution in [0, 0.1) is 24.0 Å². The molecule has 2 aliphatic rings. The highest BCUT2D eigenvalue weighted by Crippen LogP contribution is 2.42. The van der Waals surface area contributed by atoms with Crippen LogP contribution in [0.15, 0.2) is 36.4 Å². The first-order valence-corrected chi connectivity index (χ1v) is 12.6. The van der Waals surface area contributed by atoms with Gasteiger partial charge in [-0.25, -0.2) is 9.69 Å². The highest BCUT2D eigenvalue weighted by Gasteiger charge is 2.44. The molecule has 1 heterocycles. The lowest BCUT2D eigenvalue weighted by molar-refractivity contribution is -0.137. The number of carbonyl (C=O) groups is 2. The first kappa shape index (κ1) is 32.3. The van der Waals surface area contributed by atoms with Crippen LogP contribution in [0.5, 0.6) is 11.5 Å². The number of nitrogens with zero attached hydrogens (tertiary/aromatic N) is 2. The number of rotatable bonds is 4. The molecule has 2 aromatic rings. The van der Waals surface area contributed by atoms with Gasteiger partial charge in [0.1, 0.15) is 11.5 Å². The van der Waals surface area contributed by atoms with Gasteiger partial charge in [-0.2, -0.15) is 26.3 Å². The smallest absolute Gasteiger partial charge is 0.407 e. The van der Waals surface area contributed by atoms with Gasteiger partial charge in [0.2, 0.25) is 0 Å². The van der Waals surface area contributed by atoms with Crippen LogP contribution < -0.4 is 14.8 Å². The molecule has 1 saturated carbocycles. The maximum atomic E-state index is 12.9. The van der Waals surface area contributed by atoms with E-state index in [4.69, 9.17) is 22.6 Å². The molecule has 1 amide bonds. The van der Waals surface area contributed by atoms with Gasteiger partial charge >= 0.3 is 12.4 Å². The zero-order valence-electron chi connectivity index (χ0n) is 23.0. The van der Waals surface area contributed by atoms with Crippen molar-refractivity contribution in [3.63, 3.8) is 0 Å². The molecule has 2 aromatic carbocycles. The number of benzene rings is 2. The fourth-order valence-electron chi connectivity index (χ4n) is 4.54. The van der Waals surface area contributed by atoms with E-state index in [0.29, 0.717) is 19.4 Å². The molecule has 2 unspecified atom stereocenters. The number of nitrogens with one attached hydrogen (secondary N) is 1. The van der Waals surface area contributed by atoms with Crippen molar-refractivity contribution >= 4 is 23.1 Å². The lowest BCUT2D eigenvalue weighted by Crippen LogP contribution is -2.36. The van der Waals surface area contributed by atoms with Gasteiger partial charge in [0.05, 0.1) is 24.3 Å². The Morgan fingerprint density at radius 3 is 1.57 bits per heavy atom. The van der Waals surface area contributed by atoms with Crippen molar-refractivity contribution in [3.8, 4) is 11.5 Å². The van der Waals surface area contributed by atoms with Crippen molar-refractivity contribution in [1.82, 2.24) is 5.32 Å². The van der Waals surface area contributed by atoms with Gasteiger partial charge < -0.3 is 14.8 Å². The van der Waals surface area contributed by atoms with Crippen LogP contribution in [0.1, 0.15) is 51.7 Å². The van der Waals surface area contributed by atoms with Gasteiger partial charge in [-0.15, -0.1) is 0 Å². The van der Waals surface area contributed by atoms with E-state index >= 15 is 0 Å². The summed E-state index contributed by atoms with van der Waals surface area (Å²) in [6.07, 6.45) is -9.89. The summed E-state index contributed by atoms with van der Waals surface area (Å²) in [5, 5.41) is 2.61. The molecule has 1 aliphatic carbocycles. The lowest BCUT2D eigenvalue weighted by atomic mass is 9.89. The zero-order valence-corrected chi connectivity index (χ0v) is 23.0. The molecule has 1 aliphatic heterocycles. The summed E-state index contributed by atoms with van der Waals surface area (Å²) in [5.41, 5.74) is -4.01. The first-order valence-electron chi connectivity index (χ1n) is 12.6. The number of hydrogen-bond donors (Lipinski definition) is 1. The van der Waals surface area contributed by atoms with E-state index in [9.17, 15) is 35.9 Å². The van der Waals surface area contributed by atoms with E-state index in [2.05, 4.69) is 15.0 Å². The Hall–Kier alpha value is -4.26. The molecule has 0 spiro atoms. The molecule has 4 rings (SSSR count). The van der Waals surface area contributed by atoms with Crippen LogP contribution in [0.25, 0.3) is 9.69 Å². The number of ether oxygens (including phenoxy) is 2. The maximum absolute atomic E-state index is 12.9. The van der Waals surface area contributed by atoms with Crippen LogP contribution in [-0.2, 0) is 21.9 Å². The monoisotopic (exact) mass is 595 g/mol. The lowest BCUT2D eigenvalue weighted by Gasteiger charge is -2.26. The van der Waals surface area contributed by atoms with Crippen molar-refractivity contribution in [2.24, 2.45) is 10.8 Å². The summed E-state index contributed by atoms with van der Waals surface area (Å²) < 4.78 is 88.2. The second-order valence-corrected chi connectivity index (χ2v) is 11.2. The molecule has 0 aromatic heterocycles.